The smallest absolute Gasteiger partial charge is 0.261 e. The van der Waals surface area contributed by atoms with E-state index in [1.54, 1.807) is 6.07 Å². The van der Waals surface area contributed by atoms with Gasteiger partial charge in [-0.2, -0.15) is 0 Å². The number of thiophene rings is 1. The molecule has 24 heavy (non-hydrogen) atoms. The van der Waals surface area contributed by atoms with Gasteiger partial charge in [-0.3, -0.25) is 4.79 Å². The zero-order valence-corrected chi connectivity index (χ0v) is 15.4. The van der Waals surface area contributed by atoms with Gasteiger partial charge in [0, 0.05) is 16.1 Å². The van der Waals surface area contributed by atoms with Crippen LogP contribution in [-0.2, 0) is 6.42 Å². The number of carbonyl (C=O) groups is 1. The van der Waals surface area contributed by atoms with Crippen molar-refractivity contribution in [2.75, 3.05) is 5.33 Å². The zero-order chi connectivity index (χ0) is 16.9. The van der Waals surface area contributed by atoms with Gasteiger partial charge in [0.25, 0.3) is 5.91 Å². The summed E-state index contributed by atoms with van der Waals surface area (Å²) in [5.41, 5.74) is 0.887. The van der Waals surface area contributed by atoms with Crippen molar-refractivity contribution in [3.8, 4) is 0 Å². The van der Waals surface area contributed by atoms with Gasteiger partial charge < -0.3 is 5.32 Å². The van der Waals surface area contributed by atoms with Gasteiger partial charge in [0.05, 0.1) is 4.88 Å². The average Bonchev–Trinajstić information content (AvgIpc) is 2.99. The standard InChI is InChI=1S/C19H17BrFNOS/c20-9-8-16(11-13-4-3-6-15(21)10-13)22-19(23)18-12-14-5-1-2-7-17(14)24-18/h1-7,10,12,16H,8-9,11H2,(H,22,23)/t16-/m0/s1. The minimum Gasteiger partial charge on any atom is -0.348 e. The molecule has 1 amide bonds. The van der Waals surface area contributed by atoms with Crippen LogP contribution in [0.1, 0.15) is 21.7 Å². The van der Waals surface area contributed by atoms with Crippen LogP contribution in [-0.4, -0.2) is 17.3 Å². The lowest BCUT2D eigenvalue weighted by molar-refractivity contribution is 0.0940. The highest BCUT2D eigenvalue weighted by Crippen LogP contribution is 2.25. The molecule has 0 spiro atoms. The molecule has 0 aliphatic rings. The fourth-order valence-electron chi connectivity index (χ4n) is 2.66. The Morgan fingerprint density at radius 3 is 2.75 bits per heavy atom. The maximum atomic E-state index is 13.4. The summed E-state index contributed by atoms with van der Waals surface area (Å²) in [7, 11) is 0. The third-order valence-corrected chi connectivity index (χ3v) is 5.39. The second-order valence-electron chi connectivity index (χ2n) is 5.63. The molecule has 0 saturated heterocycles. The summed E-state index contributed by atoms with van der Waals surface area (Å²) in [4.78, 5) is 13.3. The Kier molecular flexibility index (Phi) is 5.63. The van der Waals surface area contributed by atoms with Gasteiger partial charge in [0.2, 0.25) is 0 Å². The van der Waals surface area contributed by atoms with Gasteiger partial charge in [0.15, 0.2) is 0 Å². The summed E-state index contributed by atoms with van der Waals surface area (Å²) >= 11 is 4.92. The van der Waals surface area contributed by atoms with E-state index in [2.05, 4.69) is 21.2 Å². The zero-order valence-electron chi connectivity index (χ0n) is 13.0. The topological polar surface area (TPSA) is 29.1 Å². The van der Waals surface area contributed by atoms with Crippen molar-refractivity contribution in [2.24, 2.45) is 0 Å². The van der Waals surface area contributed by atoms with Gasteiger partial charge in [-0.25, -0.2) is 4.39 Å². The first kappa shape index (κ1) is 17.1. The molecule has 1 atom stereocenters. The first-order chi connectivity index (χ1) is 11.7. The number of nitrogens with one attached hydrogen (secondary N) is 1. The van der Waals surface area contributed by atoms with E-state index < -0.39 is 0 Å². The van der Waals surface area contributed by atoms with Gasteiger partial charge >= 0.3 is 0 Å². The summed E-state index contributed by atoms with van der Waals surface area (Å²) in [6, 6.07) is 16.4. The summed E-state index contributed by atoms with van der Waals surface area (Å²) in [6.07, 6.45) is 1.40. The Morgan fingerprint density at radius 1 is 1.17 bits per heavy atom. The lowest BCUT2D eigenvalue weighted by atomic mass is 10.0. The van der Waals surface area contributed by atoms with Crippen LogP contribution in [0.15, 0.2) is 54.6 Å². The first-order valence-corrected chi connectivity index (χ1v) is 9.69. The molecule has 2 nitrogen and oxygen atoms in total. The van der Waals surface area contributed by atoms with Crippen molar-refractivity contribution in [3.63, 3.8) is 0 Å². The normalized spacial score (nSPS) is 12.2. The molecule has 0 radical (unpaired) electrons. The van der Waals surface area contributed by atoms with Crippen molar-refractivity contribution in [1.82, 2.24) is 5.32 Å². The molecule has 0 aliphatic heterocycles. The Hall–Kier alpha value is -1.72. The molecule has 1 N–H and O–H groups in total. The third kappa shape index (κ3) is 4.22. The summed E-state index contributed by atoms with van der Waals surface area (Å²) in [5, 5.41) is 4.94. The highest BCUT2D eigenvalue weighted by Gasteiger charge is 2.16. The largest absolute Gasteiger partial charge is 0.348 e. The Bertz CT molecular complexity index is 815. The number of hydrogen-bond acceptors (Lipinski definition) is 2. The maximum absolute atomic E-state index is 13.4. The van der Waals surface area contributed by atoms with Crippen LogP contribution in [0.25, 0.3) is 10.1 Å². The van der Waals surface area contributed by atoms with Gasteiger partial charge in [-0.15, -0.1) is 11.3 Å². The van der Waals surface area contributed by atoms with Gasteiger partial charge in [-0.1, -0.05) is 46.3 Å². The minimum absolute atomic E-state index is 0.0381. The lowest BCUT2D eigenvalue weighted by Gasteiger charge is -2.17. The van der Waals surface area contributed by atoms with Gasteiger partial charge in [0.1, 0.15) is 5.82 Å². The number of amides is 1. The molecule has 0 saturated carbocycles. The molecule has 3 aromatic rings. The molecule has 0 aliphatic carbocycles. The molecule has 0 unspecified atom stereocenters. The second-order valence-corrected chi connectivity index (χ2v) is 7.51. The highest BCUT2D eigenvalue weighted by molar-refractivity contribution is 9.09. The molecule has 1 heterocycles. The number of alkyl halides is 1. The van der Waals surface area contributed by atoms with Crippen LogP contribution in [0.4, 0.5) is 4.39 Å². The van der Waals surface area contributed by atoms with Crippen LogP contribution in [0.3, 0.4) is 0 Å². The molecule has 2 aromatic carbocycles. The maximum Gasteiger partial charge on any atom is 0.261 e. The van der Waals surface area contributed by atoms with Crippen LogP contribution in [0.5, 0.6) is 0 Å². The van der Waals surface area contributed by atoms with Crippen molar-refractivity contribution >= 4 is 43.3 Å². The fraction of sp³-hybridized carbons (Fsp3) is 0.211. The molecule has 0 bridgehead atoms. The van der Waals surface area contributed by atoms with Crippen LogP contribution >= 0.6 is 27.3 Å². The number of halogens is 2. The van der Waals surface area contributed by atoms with Crippen LogP contribution in [0, 0.1) is 5.82 Å². The fourth-order valence-corrected chi connectivity index (χ4v) is 4.17. The van der Waals surface area contributed by atoms with E-state index in [9.17, 15) is 9.18 Å². The SMILES string of the molecule is O=C(N[C@@H](CCBr)Cc1cccc(F)c1)c1cc2ccccc2s1. The molecule has 3 rings (SSSR count). The van der Waals surface area contributed by atoms with Crippen molar-refractivity contribution < 1.29 is 9.18 Å². The van der Waals surface area contributed by atoms with E-state index in [-0.39, 0.29) is 17.8 Å². The van der Waals surface area contributed by atoms with Crippen LogP contribution < -0.4 is 5.32 Å². The molecular weight excluding hydrogens is 389 g/mol. The van der Waals surface area contributed by atoms with Gasteiger partial charge in [-0.05, 0) is 48.1 Å². The quantitative estimate of drug-likeness (QED) is 0.563. The molecule has 1 aromatic heterocycles. The van der Waals surface area contributed by atoms with E-state index in [1.807, 2.05) is 36.4 Å². The Balaban J connectivity index is 1.73. The van der Waals surface area contributed by atoms with E-state index in [0.717, 1.165) is 27.4 Å². The predicted molar refractivity (Wildman–Crippen MR) is 102 cm³/mol. The lowest BCUT2D eigenvalue weighted by Crippen LogP contribution is -2.36. The number of hydrogen-bond donors (Lipinski definition) is 1. The van der Waals surface area contributed by atoms with E-state index >= 15 is 0 Å². The average molecular weight is 406 g/mol. The third-order valence-electron chi connectivity index (χ3n) is 3.81. The first-order valence-electron chi connectivity index (χ1n) is 7.75. The monoisotopic (exact) mass is 405 g/mol. The molecule has 124 valence electrons. The molecule has 5 heteroatoms. The van der Waals surface area contributed by atoms with Crippen molar-refractivity contribution in [2.45, 2.75) is 18.9 Å². The Labute approximate surface area is 152 Å². The number of fused-ring (bicyclic) bond motifs is 1. The molecule has 0 fully saturated rings. The number of rotatable bonds is 6. The predicted octanol–water partition coefficient (Wildman–Crippen LogP) is 5.17. The molecular formula is C19H17BrFNOS. The number of carbonyl (C=O) groups excluding carboxylic acids is 1. The van der Waals surface area contributed by atoms with Crippen molar-refractivity contribution in [1.29, 1.82) is 0 Å². The summed E-state index contributed by atoms with van der Waals surface area (Å²) in [6.45, 7) is 0. The Morgan fingerprint density at radius 2 is 2.00 bits per heavy atom. The van der Waals surface area contributed by atoms with Crippen molar-refractivity contribution in [3.05, 3.63) is 70.9 Å². The van der Waals surface area contributed by atoms with E-state index in [4.69, 9.17) is 0 Å². The highest BCUT2D eigenvalue weighted by atomic mass is 79.9. The minimum atomic E-state index is -0.249. The van der Waals surface area contributed by atoms with E-state index in [1.165, 1.54) is 23.5 Å². The number of benzene rings is 2. The summed E-state index contributed by atoms with van der Waals surface area (Å²) < 4.78 is 14.5. The second kappa shape index (κ2) is 7.90. The van der Waals surface area contributed by atoms with Crippen LogP contribution in [0.2, 0.25) is 0 Å². The summed E-state index contributed by atoms with van der Waals surface area (Å²) in [5.74, 6) is -0.320. The van der Waals surface area contributed by atoms with E-state index in [0.29, 0.717) is 11.3 Å².